The molecule has 3 heteroatoms. The quantitative estimate of drug-likeness (QED) is 0.611. The monoisotopic (exact) mass is 169 g/mol. The average Bonchev–Trinajstić information content (AvgIpc) is 2.49. The van der Waals surface area contributed by atoms with E-state index < -0.39 is 5.97 Å². The zero-order valence-corrected chi connectivity index (χ0v) is 7.12. The van der Waals surface area contributed by atoms with E-state index >= 15 is 0 Å². The number of hydrogen-bond donors (Lipinski definition) is 2. The molecule has 3 nitrogen and oxygen atoms in total. The van der Waals surface area contributed by atoms with Gasteiger partial charge in [-0.15, -0.1) is 0 Å². The molecular weight excluding hydrogens is 154 g/mol. The van der Waals surface area contributed by atoms with Crippen LogP contribution < -0.4 is 5.32 Å². The summed E-state index contributed by atoms with van der Waals surface area (Å²) in [5.41, 5.74) is 0. The highest BCUT2D eigenvalue weighted by atomic mass is 16.4. The van der Waals surface area contributed by atoms with E-state index in [1.165, 1.54) is 6.42 Å². The summed E-state index contributed by atoms with van der Waals surface area (Å²) in [6.07, 6.45) is 4.09. The molecule has 1 saturated heterocycles. The van der Waals surface area contributed by atoms with Crippen molar-refractivity contribution in [2.24, 2.45) is 11.8 Å². The van der Waals surface area contributed by atoms with Crippen molar-refractivity contribution in [3.05, 3.63) is 0 Å². The van der Waals surface area contributed by atoms with Crippen LogP contribution >= 0.6 is 0 Å². The summed E-state index contributed by atoms with van der Waals surface area (Å²) in [6.45, 7) is 1.08. The van der Waals surface area contributed by atoms with Gasteiger partial charge in [0, 0.05) is 6.04 Å². The van der Waals surface area contributed by atoms with Crippen LogP contribution in [0.3, 0.4) is 0 Å². The third-order valence-corrected chi connectivity index (χ3v) is 3.26. The van der Waals surface area contributed by atoms with E-state index in [-0.39, 0.29) is 5.92 Å². The number of carbonyl (C=O) groups is 1. The molecule has 2 N–H and O–H groups in total. The van der Waals surface area contributed by atoms with Crippen molar-refractivity contribution in [1.82, 2.24) is 5.32 Å². The topological polar surface area (TPSA) is 49.3 Å². The summed E-state index contributed by atoms with van der Waals surface area (Å²) in [5, 5.41) is 12.2. The largest absolute Gasteiger partial charge is 0.481 e. The summed E-state index contributed by atoms with van der Waals surface area (Å²) in [7, 11) is 0. The lowest BCUT2D eigenvalue weighted by Crippen LogP contribution is -2.36. The summed E-state index contributed by atoms with van der Waals surface area (Å²) < 4.78 is 0. The molecule has 2 fully saturated rings. The molecule has 0 radical (unpaired) electrons. The average molecular weight is 169 g/mol. The van der Waals surface area contributed by atoms with Gasteiger partial charge >= 0.3 is 5.97 Å². The van der Waals surface area contributed by atoms with Crippen LogP contribution in [0.5, 0.6) is 0 Å². The number of hydrogen-bond acceptors (Lipinski definition) is 2. The SMILES string of the molecule is O=C(O)[C@@H]1CC[C@H]2CCN[C@@H]2C1. The predicted molar refractivity (Wildman–Crippen MR) is 44.9 cm³/mol. The standard InChI is InChI=1S/C9H15NO2/c11-9(12)7-2-1-6-3-4-10-8(6)5-7/h6-8,10H,1-5H2,(H,11,12)/t6-,7+,8+/m0/s1. The molecule has 2 rings (SSSR count). The molecule has 1 saturated carbocycles. The molecule has 0 unspecified atom stereocenters. The summed E-state index contributed by atoms with van der Waals surface area (Å²) in [4.78, 5) is 10.7. The first kappa shape index (κ1) is 8.05. The van der Waals surface area contributed by atoms with Gasteiger partial charge in [0.2, 0.25) is 0 Å². The van der Waals surface area contributed by atoms with E-state index in [4.69, 9.17) is 5.11 Å². The predicted octanol–water partition coefficient (Wildman–Crippen LogP) is 0.849. The van der Waals surface area contributed by atoms with Crippen LogP contribution in [0.2, 0.25) is 0 Å². The van der Waals surface area contributed by atoms with Crippen molar-refractivity contribution in [3.63, 3.8) is 0 Å². The van der Waals surface area contributed by atoms with Gasteiger partial charge in [0.15, 0.2) is 0 Å². The van der Waals surface area contributed by atoms with Crippen molar-refractivity contribution >= 4 is 5.97 Å². The van der Waals surface area contributed by atoms with Crippen LogP contribution in [0.4, 0.5) is 0 Å². The van der Waals surface area contributed by atoms with Gasteiger partial charge in [-0.2, -0.15) is 0 Å². The van der Waals surface area contributed by atoms with Crippen LogP contribution in [-0.2, 0) is 4.79 Å². The van der Waals surface area contributed by atoms with Crippen LogP contribution in [0.1, 0.15) is 25.7 Å². The van der Waals surface area contributed by atoms with Crippen LogP contribution in [-0.4, -0.2) is 23.7 Å². The zero-order valence-electron chi connectivity index (χ0n) is 7.12. The van der Waals surface area contributed by atoms with Gasteiger partial charge < -0.3 is 10.4 Å². The number of aliphatic carboxylic acids is 1. The number of rotatable bonds is 1. The van der Waals surface area contributed by atoms with Crippen molar-refractivity contribution < 1.29 is 9.90 Å². The summed E-state index contributed by atoms with van der Waals surface area (Å²) in [6, 6.07) is 0.500. The van der Waals surface area contributed by atoms with Crippen LogP contribution in [0.25, 0.3) is 0 Å². The molecule has 0 aromatic rings. The molecule has 3 atom stereocenters. The Bertz CT molecular complexity index is 193. The Labute approximate surface area is 72.2 Å². The van der Waals surface area contributed by atoms with E-state index in [2.05, 4.69) is 5.32 Å². The Morgan fingerprint density at radius 2 is 2.17 bits per heavy atom. The summed E-state index contributed by atoms with van der Waals surface area (Å²) in [5.74, 6) is 0.0691. The molecular formula is C9H15NO2. The fourth-order valence-electron chi connectivity index (χ4n) is 2.51. The molecule has 0 aromatic carbocycles. The van der Waals surface area contributed by atoms with Gasteiger partial charge in [0.1, 0.15) is 0 Å². The molecule has 68 valence electrons. The number of carboxylic acid groups (broad SMARTS) is 1. The lowest BCUT2D eigenvalue weighted by Gasteiger charge is -2.29. The third-order valence-electron chi connectivity index (χ3n) is 3.26. The molecule has 12 heavy (non-hydrogen) atoms. The molecule has 0 bridgehead atoms. The Hall–Kier alpha value is -0.570. The van der Waals surface area contributed by atoms with Gasteiger partial charge in [-0.3, -0.25) is 4.79 Å². The molecule has 0 amide bonds. The Kier molecular flexibility index (Phi) is 2.05. The maximum atomic E-state index is 10.7. The van der Waals surface area contributed by atoms with Crippen molar-refractivity contribution in [2.75, 3.05) is 6.54 Å². The van der Waals surface area contributed by atoms with Gasteiger partial charge in [-0.25, -0.2) is 0 Å². The first-order chi connectivity index (χ1) is 5.77. The number of nitrogens with one attached hydrogen (secondary N) is 1. The second-order valence-electron chi connectivity index (χ2n) is 3.96. The zero-order chi connectivity index (χ0) is 8.55. The van der Waals surface area contributed by atoms with Crippen molar-refractivity contribution in [2.45, 2.75) is 31.7 Å². The Balaban J connectivity index is 1.96. The van der Waals surface area contributed by atoms with Crippen molar-refractivity contribution in [3.8, 4) is 0 Å². The normalized spacial score (nSPS) is 40.8. The van der Waals surface area contributed by atoms with E-state index in [1.807, 2.05) is 0 Å². The Morgan fingerprint density at radius 3 is 2.92 bits per heavy atom. The van der Waals surface area contributed by atoms with E-state index in [1.54, 1.807) is 0 Å². The lowest BCUT2D eigenvalue weighted by molar-refractivity contribution is -0.143. The van der Waals surface area contributed by atoms with Crippen molar-refractivity contribution in [1.29, 1.82) is 0 Å². The first-order valence-corrected chi connectivity index (χ1v) is 4.73. The maximum absolute atomic E-state index is 10.7. The summed E-state index contributed by atoms with van der Waals surface area (Å²) >= 11 is 0. The minimum absolute atomic E-state index is 0.0863. The fourth-order valence-corrected chi connectivity index (χ4v) is 2.51. The second kappa shape index (κ2) is 3.05. The van der Waals surface area contributed by atoms with Crippen LogP contribution in [0, 0.1) is 11.8 Å². The van der Waals surface area contributed by atoms with Gasteiger partial charge in [-0.1, -0.05) is 0 Å². The third kappa shape index (κ3) is 1.33. The maximum Gasteiger partial charge on any atom is 0.306 e. The smallest absolute Gasteiger partial charge is 0.306 e. The first-order valence-electron chi connectivity index (χ1n) is 4.73. The van der Waals surface area contributed by atoms with E-state index in [0.29, 0.717) is 6.04 Å². The highest BCUT2D eigenvalue weighted by Gasteiger charge is 2.35. The molecule has 1 aliphatic carbocycles. The van der Waals surface area contributed by atoms with E-state index in [0.717, 1.165) is 31.7 Å². The fraction of sp³-hybridized carbons (Fsp3) is 0.889. The highest BCUT2D eigenvalue weighted by molar-refractivity contribution is 5.70. The van der Waals surface area contributed by atoms with E-state index in [9.17, 15) is 4.79 Å². The Morgan fingerprint density at radius 1 is 1.33 bits per heavy atom. The van der Waals surface area contributed by atoms with Gasteiger partial charge in [-0.05, 0) is 38.1 Å². The number of carboxylic acids is 1. The highest BCUT2D eigenvalue weighted by Crippen LogP contribution is 2.33. The van der Waals surface area contributed by atoms with Gasteiger partial charge in [0.05, 0.1) is 5.92 Å². The second-order valence-corrected chi connectivity index (χ2v) is 3.96. The molecule has 2 aliphatic rings. The molecule has 0 aromatic heterocycles. The van der Waals surface area contributed by atoms with Gasteiger partial charge in [0.25, 0.3) is 0 Å². The number of fused-ring (bicyclic) bond motifs is 1. The minimum Gasteiger partial charge on any atom is -0.481 e. The molecule has 1 heterocycles. The lowest BCUT2D eigenvalue weighted by atomic mass is 9.79. The molecule has 1 aliphatic heterocycles. The minimum atomic E-state index is -0.609. The molecule has 0 spiro atoms. The van der Waals surface area contributed by atoms with Crippen LogP contribution in [0.15, 0.2) is 0 Å².